The van der Waals surface area contributed by atoms with Gasteiger partial charge in [0.2, 0.25) is 0 Å². The second-order valence-electron chi connectivity index (χ2n) is 7.50. The predicted octanol–water partition coefficient (Wildman–Crippen LogP) is 1.55. The van der Waals surface area contributed by atoms with Crippen molar-refractivity contribution < 1.29 is 29.3 Å². The maximum absolute atomic E-state index is 12.5. The van der Waals surface area contributed by atoms with E-state index in [1.807, 2.05) is 18.2 Å². The van der Waals surface area contributed by atoms with Gasteiger partial charge in [-0.15, -0.1) is 0 Å². The number of carboxylic acids is 2. The minimum Gasteiger partial charge on any atom is -0.493 e. The number of nitrogens with zero attached hydrogens (tertiary/aromatic N) is 1. The summed E-state index contributed by atoms with van der Waals surface area (Å²) in [5, 5.41) is 18.9. The van der Waals surface area contributed by atoms with Crippen LogP contribution >= 0.6 is 0 Å². The van der Waals surface area contributed by atoms with Crippen LogP contribution in [0.4, 0.5) is 0 Å². The topological polar surface area (TPSA) is 116 Å². The Labute approximate surface area is 169 Å². The van der Waals surface area contributed by atoms with Crippen molar-refractivity contribution in [2.24, 2.45) is 5.92 Å². The monoisotopic (exact) mass is 402 g/mol. The first-order valence-corrected chi connectivity index (χ1v) is 9.85. The Hall–Kier alpha value is -2.87. The van der Waals surface area contributed by atoms with Crippen molar-refractivity contribution in [3.63, 3.8) is 0 Å². The van der Waals surface area contributed by atoms with E-state index in [1.165, 1.54) is 31.5 Å². The lowest BCUT2D eigenvalue weighted by molar-refractivity contribution is -0.134. The zero-order chi connectivity index (χ0) is 20.8. The predicted molar refractivity (Wildman–Crippen MR) is 105 cm³/mol. The first kappa shape index (κ1) is 20.9. The number of rotatable bonds is 4. The Morgan fingerprint density at radius 3 is 2.38 bits per heavy atom. The number of benzene rings is 1. The van der Waals surface area contributed by atoms with Crippen LogP contribution in [0.25, 0.3) is 0 Å². The Morgan fingerprint density at radius 1 is 1.10 bits per heavy atom. The van der Waals surface area contributed by atoms with Crippen molar-refractivity contribution in [2.45, 2.75) is 31.7 Å². The molecule has 1 amide bonds. The highest BCUT2D eigenvalue weighted by Gasteiger charge is 2.35. The number of hydrogen-bond donors (Lipinski definition) is 3. The van der Waals surface area contributed by atoms with Crippen molar-refractivity contribution in [3.8, 4) is 5.75 Å². The summed E-state index contributed by atoms with van der Waals surface area (Å²) in [6, 6.07) is 6.20. The molecule has 1 atom stereocenters. The van der Waals surface area contributed by atoms with Crippen LogP contribution in [0.15, 0.2) is 30.4 Å². The smallest absolute Gasteiger partial charge is 0.328 e. The van der Waals surface area contributed by atoms with Crippen LogP contribution in [0.1, 0.15) is 35.2 Å². The summed E-state index contributed by atoms with van der Waals surface area (Å²) >= 11 is 0. The number of fused-ring (bicyclic) bond motifs is 4. The molecule has 0 unspecified atom stereocenters. The number of ether oxygens (including phenoxy) is 1. The molecular formula is C21H26N2O6. The maximum atomic E-state index is 12.5. The number of aryl methyl sites for hydroxylation is 1. The molecule has 4 aliphatic heterocycles. The van der Waals surface area contributed by atoms with E-state index in [0.717, 1.165) is 37.3 Å². The van der Waals surface area contributed by atoms with Gasteiger partial charge >= 0.3 is 11.9 Å². The fourth-order valence-electron chi connectivity index (χ4n) is 4.00. The van der Waals surface area contributed by atoms with Crippen LogP contribution in [0.3, 0.4) is 0 Å². The van der Waals surface area contributed by atoms with E-state index in [0.29, 0.717) is 24.1 Å². The molecule has 8 heteroatoms. The van der Waals surface area contributed by atoms with Gasteiger partial charge in [-0.05, 0) is 62.4 Å². The third-order valence-electron chi connectivity index (χ3n) is 5.52. The number of piperidine rings is 3. The van der Waals surface area contributed by atoms with E-state index in [1.54, 1.807) is 0 Å². The molecule has 1 aromatic carbocycles. The van der Waals surface area contributed by atoms with E-state index >= 15 is 0 Å². The molecule has 0 saturated carbocycles. The number of hydrogen-bond acceptors (Lipinski definition) is 5. The van der Waals surface area contributed by atoms with Crippen LogP contribution in [0.5, 0.6) is 5.75 Å². The lowest BCUT2D eigenvalue weighted by Gasteiger charge is -2.44. The van der Waals surface area contributed by atoms with Gasteiger partial charge in [-0.3, -0.25) is 4.79 Å². The number of carbonyl (C=O) groups excluding carboxylic acids is 1. The standard InChI is InChI=1S/C17H22N2O2.C4H4O4/c20-17(18-15-11-19-7-5-12(15)6-8-19)14-4-3-13-2-1-9-21-16(13)10-14;5-3(6)1-2-4(7)8/h3-4,10,12,15H,1-2,5-9,11H2,(H,18,20);1-2H,(H,5,6)(H,7,8)/b;2-1+/t15-;/m0./s1. The summed E-state index contributed by atoms with van der Waals surface area (Å²) in [7, 11) is 0. The van der Waals surface area contributed by atoms with Crippen molar-refractivity contribution >= 4 is 17.8 Å². The molecule has 0 radical (unpaired) electrons. The van der Waals surface area contributed by atoms with Gasteiger partial charge in [0.15, 0.2) is 0 Å². The molecule has 0 spiro atoms. The molecule has 5 rings (SSSR count). The Bertz CT molecular complexity index is 782. The van der Waals surface area contributed by atoms with Crippen LogP contribution < -0.4 is 10.1 Å². The van der Waals surface area contributed by atoms with Gasteiger partial charge in [0.05, 0.1) is 6.61 Å². The van der Waals surface area contributed by atoms with Gasteiger partial charge in [-0.25, -0.2) is 9.59 Å². The van der Waals surface area contributed by atoms with Crippen molar-refractivity contribution in [1.29, 1.82) is 0 Å². The molecule has 156 valence electrons. The number of aliphatic carboxylic acids is 2. The maximum Gasteiger partial charge on any atom is 0.328 e. The van der Waals surface area contributed by atoms with E-state index in [4.69, 9.17) is 14.9 Å². The first-order chi connectivity index (χ1) is 13.9. The quantitative estimate of drug-likeness (QED) is 0.654. The minimum absolute atomic E-state index is 0.0470. The molecule has 3 N–H and O–H groups in total. The second-order valence-corrected chi connectivity index (χ2v) is 7.50. The lowest BCUT2D eigenvalue weighted by atomic mass is 9.84. The normalized spacial score (nSPS) is 24.6. The fourth-order valence-corrected chi connectivity index (χ4v) is 4.00. The van der Waals surface area contributed by atoms with Crippen LogP contribution in [-0.4, -0.2) is 65.2 Å². The number of carboxylic acid groups (broad SMARTS) is 2. The van der Waals surface area contributed by atoms with Gasteiger partial charge in [0, 0.05) is 30.3 Å². The second kappa shape index (κ2) is 9.56. The SMILES string of the molecule is O=C(N[C@H]1CN2CCC1CC2)c1ccc2c(c1)OCCC2.O=C(O)/C=C/C(=O)O. The number of nitrogens with one attached hydrogen (secondary N) is 1. The highest BCUT2D eigenvalue weighted by Crippen LogP contribution is 2.29. The summed E-state index contributed by atoms with van der Waals surface area (Å²) in [6.07, 6.45) is 5.68. The van der Waals surface area contributed by atoms with Gasteiger partial charge in [-0.1, -0.05) is 6.07 Å². The Kier molecular flexibility index (Phi) is 6.87. The van der Waals surface area contributed by atoms with Gasteiger partial charge in [0.25, 0.3) is 5.91 Å². The van der Waals surface area contributed by atoms with E-state index in [2.05, 4.69) is 10.2 Å². The summed E-state index contributed by atoms with van der Waals surface area (Å²) in [4.78, 5) is 34.1. The van der Waals surface area contributed by atoms with Gasteiger partial charge in [0.1, 0.15) is 5.75 Å². The van der Waals surface area contributed by atoms with Gasteiger partial charge in [-0.2, -0.15) is 0 Å². The Morgan fingerprint density at radius 2 is 1.79 bits per heavy atom. The van der Waals surface area contributed by atoms with Crippen molar-refractivity contribution in [2.75, 3.05) is 26.2 Å². The van der Waals surface area contributed by atoms with Crippen LogP contribution in [-0.2, 0) is 16.0 Å². The summed E-state index contributed by atoms with van der Waals surface area (Å²) in [6.45, 7) is 4.17. The molecule has 0 aromatic heterocycles. The molecule has 4 aliphatic rings. The van der Waals surface area contributed by atoms with Crippen LogP contribution in [0, 0.1) is 5.92 Å². The first-order valence-electron chi connectivity index (χ1n) is 9.85. The summed E-state index contributed by atoms with van der Waals surface area (Å²) in [5.74, 6) is -0.916. The highest BCUT2D eigenvalue weighted by atomic mass is 16.5. The molecule has 3 fully saturated rings. The molecule has 2 bridgehead atoms. The van der Waals surface area contributed by atoms with Crippen molar-refractivity contribution in [1.82, 2.24) is 10.2 Å². The minimum atomic E-state index is -1.26. The summed E-state index contributed by atoms with van der Waals surface area (Å²) < 4.78 is 5.67. The lowest BCUT2D eigenvalue weighted by Crippen LogP contribution is -2.57. The van der Waals surface area contributed by atoms with Gasteiger partial charge < -0.3 is 25.2 Å². The third kappa shape index (κ3) is 5.80. The molecular weight excluding hydrogens is 376 g/mol. The molecule has 0 aliphatic carbocycles. The fraction of sp³-hybridized carbons (Fsp3) is 0.476. The molecule has 1 aromatic rings. The Balaban J connectivity index is 0.000000258. The average Bonchev–Trinajstić information content (AvgIpc) is 2.73. The average molecular weight is 402 g/mol. The largest absolute Gasteiger partial charge is 0.493 e. The number of carbonyl (C=O) groups is 3. The van der Waals surface area contributed by atoms with E-state index in [9.17, 15) is 14.4 Å². The highest BCUT2D eigenvalue weighted by molar-refractivity contribution is 5.95. The van der Waals surface area contributed by atoms with E-state index in [-0.39, 0.29) is 5.91 Å². The van der Waals surface area contributed by atoms with E-state index < -0.39 is 11.9 Å². The number of amides is 1. The molecule has 3 saturated heterocycles. The molecule has 8 nitrogen and oxygen atoms in total. The van der Waals surface area contributed by atoms with Crippen LogP contribution in [0.2, 0.25) is 0 Å². The summed E-state index contributed by atoms with van der Waals surface area (Å²) in [5.41, 5.74) is 1.95. The zero-order valence-corrected chi connectivity index (χ0v) is 16.2. The zero-order valence-electron chi connectivity index (χ0n) is 16.2. The molecule has 29 heavy (non-hydrogen) atoms. The molecule has 4 heterocycles. The third-order valence-corrected chi connectivity index (χ3v) is 5.52. The van der Waals surface area contributed by atoms with Crippen molar-refractivity contribution in [3.05, 3.63) is 41.5 Å².